The number of rotatable bonds is 7. The number of hydrogen-bond donors (Lipinski definition) is 0. The van der Waals surface area contributed by atoms with E-state index in [0.717, 1.165) is 33.8 Å². The molecule has 8 heteroatoms. The van der Waals surface area contributed by atoms with Crippen LogP contribution < -0.4 is 39.6 Å². The normalized spacial score (nSPS) is 14.0. The molecular formula is C39H54ClO6P. The maximum atomic E-state index is 16.8. The first kappa shape index (κ1) is 37.0. The molecule has 47 heavy (non-hydrogen) atoms. The highest BCUT2D eigenvalue weighted by atomic mass is 35.5. The third kappa shape index (κ3) is 6.75. The molecule has 0 radical (unpaired) electrons. The van der Waals surface area contributed by atoms with Gasteiger partial charge >= 0.3 is 0 Å². The van der Waals surface area contributed by atoms with Gasteiger partial charge < -0.3 is 28.2 Å². The van der Waals surface area contributed by atoms with E-state index in [-0.39, 0.29) is 33.5 Å². The standard InChI is InChI=1S/C39H54ClO6P/c1-16-44-29-21-30(31(40)35-34(29)45-22-46-35)47(41,23-17-25(36(2,3)4)32(42-14)26(18-23)37(5,6)7)24-19-27(38(8,9)10)33(43-15)28(20-24)39(11,12)13/h17-21H,16,22H2,1-15H3. The van der Waals surface area contributed by atoms with Gasteiger partial charge in [-0.05, 0) is 58.9 Å². The quantitative estimate of drug-likeness (QED) is 0.231. The Morgan fingerprint density at radius 3 is 1.34 bits per heavy atom. The van der Waals surface area contributed by atoms with Crippen LogP contribution in [0.15, 0.2) is 30.3 Å². The second-order valence-corrected chi connectivity index (χ2v) is 19.6. The predicted molar refractivity (Wildman–Crippen MR) is 196 cm³/mol. The van der Waals surface area contributed by atoms with E-state index >= 15 is 4.57 Å². The number of benzene rings is 3. The average Bonchev–Trinajstić information content (AvgIpc) is 3.46. The summed E-state index contributed by atoms with van der Waals surface area (Å²) < 4.78 is 46.8. The molecule has 0 fully saturated rings. The molecule has 0 amide bonds. The van der Waals surface area contributed by atoms with Gasteiger partial charge in [0.15, 0.2) is 18.6 Å². The molecule has 0 spiro atoms. The van der Waals surface area contributed by atoms with Gasteiger partial charge in [0.25, 0.3) is 0 Å². The van der Waals surface area contributed by atoms with E-state index in [1.165, 1.54) is 0 Å². The summed E-state index contributed by atoms with van der Waals surface area (Å²) in [6.07, 6.45) is 0. The fourth-order valence-electron chi connectivity index (χ4n) is 6.17. The van der Waals surface area contributed by atoms with Crippen LogP contribution in [-0.4, -0.2) is 27.6 Å². The number of methoxy groups -OCH3 is 2. The van der Waals surface area contributed by atoms with Crippen LogP contribution in [0.1, 0.15) is 112 Å². The highest BCUT2D eigenvalue weighted by molar-refractivity contribution is 7.85. The first-order valence-electron chi connectivity index (χ1n) is 16.3. The van der Waals surface area contributed by atoms with E-state index in [1.807, 2.05) is 31.2 Å². The fraction of sp³-hybridized carbons (Fsp3) is 0.538. The number of halogens is 1. The molecule has 1 heterocycles. The second kappa shape index (κ2) is 12.6. The molecule has 0 unspecified atom stereocenters. The third-order valence-corrected chi connectivity index (χ3v) is 12.2. The Morgan fingerprint density at radius 2 is 1.02 bits per heavy atom. The number of hydrogen-bond acceptors (Lipinski definition) is 6. The molecule has 3 aromatic carbocycles. The zero-order valence-corrected chi connectivity index (χ0v) is 32.7. The van der Waals surface area contributed by atoms with E-state index in [2.05, 4.69) is 83.1 Å². The Labute approximate surface area is 287 Å². The minimum Gasteiger partial charge on any atom is -0.496 e. The summed E-state index contributed by atoms with van der Waals surface area (Å²) in [5, 5.41) is 1.99. The highest BCUT2D eigenvalue weighted by Crippen LogP contribution is 2.55. The van der Waals surface area contributed by atoms with Gasteiger partial charge in [-0.15, -0.1) is 0 Å². The Kier molecular flexibility index (Phi) is 9.90. The molecule has 1 aliphatic heterocycles. The lowest BCUT2D eigenvalue weighted by Gasteiger charge is -2.34. The molecule has 258 valence electrons. The minimum absolute atomic E-state index is 0.00135. The van der Waals surface area contributed by atoms with Gasteiger partial charge in [-0.3, -0.25) is 0 Å². The molecule has 0 N–H and O–H groups in total. The second-order valence-electron chi connectivity index (χ2n) is 16.5. The molecule has 0 bridgehead atoms. The van der Waals surface area contributed by atoms with Crippen LogP contribution in [0.2, 0.25) is 5.02 Å². The summed E-state index contributed by atoms with van der Waals surface area (Å²) >= 11 is 7.26. The van der Waals surface area contributed by atoms with E-state index in [4.69, 9.17) is 35.3 Å². The summed E-state index contributed by atoms with van der Waals surface area (Å²) in [7, 11) is -0.392. The van der Waals surface area contributed by atoms with E-state index in [9.17, 15) is 0 Å². The maximum Gasteiger partial charge on any atom is 0.231 e. The van der Waals surface area contributed by atoms with Gasteiger partial charge in [0.2, 0.25) is 12.5 Å². The van der Waals surface area contributed by atoms with Gasteiger partial charge in [-0.1, -0.05) is 94.7 Å². The van der Waals surface area contributed by atoms with Gasteiger partial charge in [0, 0.05) is 38.2 Å². The van der Waals surface area contributed by atoms with Crippen molar-refractivity contribution < 1.29 is 28.2 Å². The molecule has 6 nitrogen and oxygen atoms in total. The molecule has 1 aliphatic rings. The third-order valence-electron chi connectivity index (χ3n) is 8.68. The molecule has 0 saturated carbocycles. The molecule has 0 atom stereocenters. The van der Waals surface area contributed by atoms with Crippen LogP contribution in [0.4, 0.5) is 0 Å². The topological polar surface area (TPSA) is 63.2 Å². The summed E-state index contributed by atoms with van der Waals surface area (Å²) in [6, 6.07) is 9.99. The lowest BCUT2D eigenvalue weighted by atomic mass is 9.79. The van der Waals surface area contributed by atoms with Gasteiger partial charge in [0.1, 0.15) is 11.5 Å². The highest BCUT2D eigenvalue weighted by Gasteiger charge is 2.42. The summed E-state index contributed by atoms with van der Waals surface area (Å²) in [5.41, 5.74) is 2.55. The lowest BCUT2D eigenvalue weighted by molar-refractivity contribution is 0.170. The zero-order chi connectivity index (χ0) is 35.5. The molecule has 4 rings (SSSR count). The molecule has 0 saturated heterocycles. The summed E-state index contributed by atoms with van der Waals surface area (Å²) in [5.74, 6) is 2.81. The Bertz CT molecular complexity index is 1560. The SMILES string of the molecule is CCOc1cc(P(=O)(c2cc(C(C)(C)C)c(OC)c(C(C)(C)C)c2)c2cc(C(C)(C)C)c(OC)c(C(C)(C)C)c2)c(Cl)c2c1OCO2. The van der Waals surface area contributed by atoms with Crippen molar-refractivity contribution in [1.82, 2.24) is 0 Å². The van der Waals surface area contributed by atoms with Crippen molar-refractivity contribution in [2.45, 2.75) is 112 Å². The van der Waals surface area contributed by atoms with Crippen LogP contribution in [0.3, 0.4) is 0 Å². The van der Waals surface area contributed by atoms with Crippen molar-refractivity contribution in [3.8, 4) is 28.7 Å². The van der Waals surface area contributed by atoms with Crippen LogP contribution in [0.25, 0.3) is 0 Å². The van der Waals surface area contributed by atoms with Gasteiger partial charge in [-0.25, -0.2) is 0 Å². The monoisotopic (exact) mass is 684 g/mol. The minimum atomic E-state index is -3.80. The Hall–Kier alpha value is -2.82. The lowest BCUT2D eigenvalue weighted by Crippen LogP contribution is -2.32. The first-order chi connectivity index (χ1) is 21.5. The van der Waals surface area contributed by atoms with Crippen LogP contribution in [-0.2, 0) is 26.2 Å². The molecule has 0 aromatic heterocycles. The number of ether oxygens (including phenoxy) is 5. The van der Waals surface area contributed by atoms with Crippen molar-refractivity contribution in [3.05, 3.63) is 57.6 Å². The van der Waals surface area contributed by atoms with E-state index in [0.29, 0.717) is 39.8 Å². The van der Waals surface area contributed by atoms with Gasteiger partial charge in [-0.2, -0.15) is 0 Å². The Balaban J connectivity index is 2.33. The van der Waals surface area contributed by atoms with Crippen LogP contribution >= 0.6 is 18.7 Å². The smallest absolute Gasteiger partial charge is 0.231 e. The van der Waals surface area contributed by atoms with E-state index < -0.39 is 7.14 Å². The Morgan fingerprint density at radius 1 is 0.660 bits per heavy atom. The van der Waals surface area contributed by atoms with Crippen LogP contribution in [0.5, 0.6) is 28.7 Å². The van der Waals surface area contributed by atoms with Crippen molar-refractivity contribution >= 4 is 34.7 Å². The van der Waals surface area contributed by atoms with E-state index in [1.54, 1.807) is 20.3 Å². The fourth-order valence-corrected chi connectivity index (χ4v) is 9.50. The number of fused-ring (bicyclic) bond motifs is 1. The summed E-state index contributed by atoms with van der Waals surface area (Å²) in [6.45, 7) is 28.1. The molecule has 0 aliphatic carbocycles. The largest absolute Gasteiger partial charge is 0.496 e. The maximum absolute atomic E-state index is 16.8. The van der Waals surface area contributed by atoms with Gasteiger partial charge in [0.05, 0.1) is 25.8 Å². The van der Waals surface area contributed by atoms with Crippen molar-refractivity contribution in [3.63, 3.8) is 0 Å². The van der Waals surface area contributed by atoms with Crippen molar-refractivity contribution in [1.29, 1.82) is 0 Å². The molecular weight excluding hydrogens is 631 g/mol. The first-order valence-corrected chi connectivity index (χ1v) is 18.4. The van der Waals surface area contributed by atoms with Crippen molar-refractivity contribution in [2.75, 3.05) is 27.6 Å². The average molecular weight is 685 g/mol. The van der Waals surface area contributed by atoms with Crippen molar-refractivity contribution in [2.24, 2.45) is 0 Å². The zero-order valence-electron chi connectivity index (χ0n) is 31.1. The summed E-state index contributed by atoms with van der Waals surface area (Å²) in [4.78, 5) is 0. The molecule has 3 aromatic rings. The predicted octanol–water partition coefficient (Wildman–Crippen LogP) is 9.31. The van der Waals surface area contributed by atoms with Crippen LogP contribution in [0, 0.1) is 0 Å².